The number of hydrogen-bond acceptors (Lipinski definition) is 27. The molecule has 45 heteroatoms. The number of nitrogens with zero attached hydrogens (tertiary/aromatic N) is 4. The fourth-order valence-electron chi connectivity index (χ4n) is 7.54. The first-order chi connectivity index (χ1) is 67.6. The Morgan fingerprint density at radius 2 is 0.800 bits per heavy atom. The maximum atomic E-state index is 12.3. The number of aliphatic imine (C=N–C) groups is 1. The molecule has 0 aromatic carbocycles. The molecular weight excluding hydrogens is 2020 g/mol. The molecule has 842 valence electrons. The Morgan fingerprint density at radius 1 is 0.487 bits per heavy atom. The number of rotatable bonds is 13. The van der Waals surface area contributed by atoms with Gasteiger partial charge in [-0.25, -0.2) is 33.6 Å². The van der Waals surface area contributed by atoms with Crippen LogP contribution in [0.15, 0.2) is 4.99 Å². The molecule has 0 unspecified atom stereocenters. The number of methoxy groups -OCH3 is 1. The highest BCUT2D eigenvalue weighted by atomic mass is 32.2. The summed E-state index contributed by atoms with van der Waals surface area (Å²) in [6.45, 7) is 56.0. The molecule has 0 spiro atoms. The Kier molecular flexibility index (Phi) is 93.7. The van der Waals surface area contributed by atoms with Crippen molar-refractivity contribution in [2.75, 3.05) is 78.8 Å². The molecule has 3 rings (SSSR count). The Balaban J connectivity index is -0.000000125. The highest BCUT2D eigenvalue weighted by Gasteiger charge is 2.57. The highest BCUT2D eigenvalue weighted by Crippen LogP contribution is 2.32. The lowest BCUT2D eigenvalue weighted by atomic mass is 10.0. The predicted octanol–water partition coefficient (Wildman–Crippen LogP) is 13.0. The molecule has 0 radical (unpaired) electrons. The van der Waals surface area contributed by atoms with Crippen LogP contribution in [-0.4, -0.2) is 295 Å². The summed E-state index contributed by atoms with van der Waals surface area (Å²) in [5.41, 5.74) is -9.09. The van der Waals surface area contributed by atoms with Gasteiger partial charge < -0.3 is 103 Å². The summed E-state index contributed by atoms with van der Waals surface area (Å²) in [6.07, 6.45) is 15.9. The number of thioether (sulfide) groups is 1. The molecule has 2 fully saturated rings. The predicted molar refractivity (Wildman–Crippen MR) is 569 cm³/mol. The summed E-state index contributed by atoms with van der Waals surface area (Å²) < 4.78 is 141. The number of aliphatic hydroxyl groups is 3. The fraction of sp³-hybridized carbons (Fsp3) is 0.590. The van der Waals surface area contributed by atoms with Gasteiger partial charge in [-0.3, -0.25) is 38.9 Å². The highest BCUT2D eigenvalue weighted by molar-refractivity contribution is 8.13. The number of hydrogen-bond donors (Lipinski definition) is 11. The number of aliphatic carboxylic acids is 1. The van der Waals surface area contributed by atoms with Crippen LogP contribution in [0, 0.1) is 177 Å². The molecule has 8 atom stereocenters. The second-order valence-electron chi connectivity index (χ2n) is 35.5. The number of alkyl halides is 9. The molecule has 0 saturated carbocycles. The van der Waals surface area contributed by atoms with Crippen molar-refractivity contribution in [1.29, 1.82) is 0 Å². The maximum absolute atomic E-state index is 12.3. The van der Waals surface area contributed by atoms with E-state index in [4.69, 9.17) is 86.8 Å². The number of piperazine rings is 2. The summed E-state index contributed by atoms with van der Waals surface area (Å²) in [7, 11) is 1.33. The van der Waals surface area contributed by atoms with Crippen LogP contribution >= 0.6 is 24.0 Å². The number of amides is 7. The molecule has 0 aromatic heterocycles. The number of alkyl carbamates (subject to hydrolysis) is 3. The number of aldehydes is 1. The zero-order valence-electron chi connectivity index (χ0n) is 92.7. The molecule has 0 aliphatic carbocycles. The van der Waals surface area contributed by atoms with Gasteiger partial charge in [0.05, 0.1) is 61.9 Å². The van der Waals surface area contributed by atoms with Gasteiger partial charge in [0.1, 0.15) is 46.4 Å². The summed E-state index contributed by atoms with van der Waals surface area (Å²) in [5.74, 6) is 45.0. The number of halogens is 9. The number of thiocarbonyl (C=S) groups is 1. The van der Waals surface area contributed by atoms with Gasteiger partial charge in [-0.2, -0.15) is 39.5 Å². The quantitative estimate of drug-likeness (QED) is 0.0155. The van der Waals surface area contributed by atoms with Crippen LogP contribution in [0.1, 0.15) is 228 Å². The van der Waals surface area contributed by atoms with Crippen LogP contribution in [0.4, 0.5) is 68.3 Å². The summed E-state index contributed by atoms with van der Waals surface area (Å²) in [6, 6.07) is -0.296. The lowest BCUT2D eigenvalue weighted by Gasteiger charge is -2.34. The Bertz CT molecular complexity index is 4880. The van der Waals surface area contributed by atoms with Gasteiger partial charge in [0.25, 0.3) is 5.60 Å². The third-order valence-corrected chi connectivity index (χ3v) is 15.0. The monoisotopic (exact) mass is 2170 g/mol. The van der Waals surface area contributed by atoms with Crippen molar-refractivity contribution in [3.8, 4) is 169 Å². The second kappa shape index (κ2) is 85.9. The molecule has 2 saturated heterocycles. The zero-order chi connectivity index (χ0) is 120. The van der Waals surface area contributed by atoms with Gasteiger partial charge in [-0.1, -0.05) is 35.9 Å². The number of ketones is 2. The lowest BCUT2D eigenvalue weighted by Crippen LogP contribution is -2.55. The first-order valence-electron chi connectivity index (χ1n) is 43.9. The first-order valence-corrected chi connectivity index (χ1v) is 45.5. The Morgan fingerprint density at radius 3 is 1.07 bits per heavy atom. The van der Waals surface area contributed by atoms with E-state index in [-0.39, 0.29) is 75.7 Å². The van der Waals surface area contributed by atoms with Crippen molar-refractivity contribution in [3.05, 3.63) is 7.43 Å². The van der Waals surface area contributed by atoms with E-state index in [1.54, 1.807) is 146 Å². The molecule has 34 nitrogen and oxygen atoms in total. The van der Waals surface area contributed by atoms with Crippen LogP contribution in [0.25, 0.3) is 0 Å². The van der Waals surface area contributed by atoms with E-state index < -0.39 is 130 Å². The van der Waals surface area contributed by atoms with E-state index in [9.17, 15) is 97.0 Å². The largest absolute Gasteiger partial charge is 0.479 e. The van der Waals surface area contributed by atoms with Gasteiger partial charge in [-0.05, 0) is 318 Å². The number of carboxylic acid groups (broad SMARTS) is 1. The van der Waals surface area contributed by atoms with Crippen molar-refractivity contribution in [1.82, 2.24) is 46.6 Å². The zero-order valence-corrected chi connectivity index (χ0v) is 94.3. The van der Waals surface area contributed by atoms with Gasteiger partial charge in [0, 0.05) is 44.3 Å². The SMILES string of the molecule is C#C.C#CC.C#CC#CC.C#CC#CC#C.C#CC#CC#CC.CC#CC.CC#CC#CC#CC.CC(C)(C)OC(=O)NCC(=O)[C@@](C)(O)C(F)(F)F.COC(=O)CNC[C@H](C)NC(=O)OC(C)(C)C.CSC1=N[C@@H](C)CN(C(=O)OC(C)(C)C)C1.C[C@@H](C=O)NC(=O)OC(C)(C)C.C[C@@](O)(C(=O)CN)C(F)(F)F.C[C@@](O)(C(=O)O)C(F)(F)F.C[C@H]1CN(C(=O)OC(C)(C)C)CC(=O)N1.C[C@H]1CN(C(=O)OC(C)(C)C)CC(=S)N1.[CH3-]. The van der Waals surface area contributed by atoms with E-state index in [0.29, 0.717) is 64.4 Å². The molecule has 0 bridgehead atoms. The molecule has 7 amide bonds. The number of terminal acetylenes is 6. The van der Waals surface area contributed by atoms with Crippen molar-refractivity contribution < 1.29 is 151 Å². The maximum Gasteiger partial charge on any atom is 0.427 e. The number of carbonyl (C=O) groups excluding carboxylic acids is 11. The van der Waals surface area contributed by atoms with E-state index in [1.165, 1.54) is 12.0 Å². The number of Topliss-reactive ketones (excluding diaryl/α,β-unsaturated/α-hetero) is 2. The van der Waals surface area contributed by atoms with E-state index >= 15 is 0 Å². The number of esters is 1. The molecule has 150 heavy (non-hydrogen) atoms. The number of carboxylic acids is 1. The minimum Gasteiger partial charge on any atom is -0.479 e. The first kappa shape index (κ1) is 164. The van der Waals surface area contributed by atoms with Crippen LogP contribution in [0.3, 0.4) is 0 Å². The van der Waals surface area contributed by atoms with Crippen LogP contribution in [0.2, 0.25) is 0 Å². The van der Waals surface area contributed by atoms with Crippen molar-refractivity contribution >= 4 is 106 Å². The summed E-state index contributed by atoms with van der Waals surface area (Å²) in [5, 5.41) is 50.1. The normalized spacial score (nSPS) is 14.4. The van der Waals surface area contributed by atoms with Gasteiger partial charge in [0.15, 0.2) is 11.6 Å². The number of ether oxygens (including phenoxy) is 7. The summed E-state index contributed by atoms with van der Waals surface area (Å²) in [4.78, 5) is 142. The molecule has 0 aromatic rings. The minimum absolute atomic E-state index is 0. The number of nitrogens with one attached hydrogen (secondary N) is 6. The van der Waals surface area contributed by atoms with Crippen molar-refractivity contribution in [2.24, 2.45) is 10.7 Å². The number of carbonyl (C=O) groups is 12. The molecule has 3 heterocycles. The van der Waals surface area contributed by atoms with E-state index in [1.807, 2.05) is 94.7 Å². The fourth-order valence-corrected chi connectivity index (χ4v) is 8.47. The van der Waals surface area contributed by atoms with Crippen LogP contribution in [-0.2, 0) is 61.9 Å². The molecule has 3 aliphatic heterocycles. The molecule has 3 aliphatic rings. The van der Waals surface area contributed by atoms with Crippen LogP contribution < -0.4 is 37.6 Å². The van der Waals surface area contributed by atoms with Crippen molar-refractivity contribution in [3.63, 3.8) is 0 Å². The third kappa shape index (κ3) is 104. The lowest BCUT2D eigenvalue weighted by molar-refractivity contribution is -0.253. The van der Waals surface area contributed by atoms with Crippen LogP contribution in [0.5, 0.6) is 0 Å². The average molecular weight is 2170 g/mol. The summed E-state index contributed by atoms with van der Waals surface area (Å²) >= 11 is 6.65. The number of nitrogens with two attached hydrogens (primary N) is 1. The van der Waals surface area contributed by atoms with Gasteiger partial charge in [0.2, 0.25) is 17.1 Å². The third-order valence-electron chi connectivity index (χ3n) is 14.0. The standard InChI is InChI=1S/C11H22N2O4.C11H20N2O2S.C10H16F3NO4.C10H18N2O3.C10H18N2O2S.C8H15NO3.C8H6.C7H4.C6H2.C5H8F3NO2.C5H4.C4H5F3O3.C4H6.C3H4.C2H2.CH3/c1-8(6-12-7-9(14)16-5)13-10(15)17-11(2,3)4;1-8-6-13(7-9(12-8)16-5)10(14)15-11(2,3)4;1-8(2,3)18-7(16)14-5-6(15)9(4,17)10(11,12)13;1-7-5-12(6-8(13)11-7)9(14)15-10(2,3)4;1-7-5-12(6-8(15)11-7)9(13)14-10(2,3)4;1-6(5-10)9-7(11)12-8(2,3)4;1-3-5-7-8-6-4-2;1-3-5-7-6-4-2;1-3-5-6-4-2;1-4(11,3(10)2-9)5(6,7)8;1-3-5-4-2;1-3(10,2(8)9)4(5,6)7;1-3-4-2;1-3-2;1-2;/h8,12H,6-7H2,1-5H3,(H,13,15);8H,6-7H2,1-5H3;17H,5H2,1-4H3,(H,14,16);7H,5-6H2,1-4H3,(H,11,13);7H,5-6H2,1-4H3,(H,11,15);5-6H,1-4H3,(H,9,11);1-2H3;1H,2H3;1-2H;11H,2,9H2,1H3;1H,2H3;10H,1H3,(H,8,9);1-2H3;1H,2H3;1-2H;1H3/q;;;;;;;;;;;;;;;-1/t2*8-;9-;2*7-;6-;;;;4-;;3-;;;;/m001000...1.1..../s1. The smallest absolute Gasteiger partial charge is 0.427 e. The Hall–Kier alpha value is -14.0. The van der Waals surface area contributed by atoms with Gasteiger partial charge >= 0.3 is 67.0 Å². The van der Waals surface area contributed by atoms with E-state index in [2.05, 4.69) is 186 Å². The van der Waals surface area contributed by atoms with Gasteiger partial charge in [-0.15, -0.1) is 74.5 Å². The van der Waals surface area contributed by atoms with E-state index in [0.717, 1.165) is 5.04 Å². The topological polar surface area (TPSA) is 471 Å². The minimum atomic E-state index is -5.13. The molecule has 12 N–H and O–H groups in total. The van der Waals surface area contributed by atoms with Crippen molar-refractivity contribution in [2.45, 2.75) is 328 Å². The Labute approximate surface area is 892 Å². The molecular formula is C105H153F9N11O23S2-. The second-order valence-corrected chi connectivity index (χ2v) is 36.8. The average Bonchev–Trinajstić information content (AvgIpc) is 0.814.